The van der Waals surface area contributed by atoms with Gasteiger partial charge in [-0.1, -0.05) is 6.92 Å². The summed E-state index contributed by atoms with van der Waals surface area (Å²) in [7, 11) is 3.40. The van der Waals surface area contributed by atoms with E-state index in [4.69, 9.17) is 0 Å². The van der Waals surface area contributed by atoms with Crippen LogP contribution in [0.1, 0.15) is 12.5 Å². The van der Waals surface area contributed by atoms with Gasteiger partial charge in [-0.25, -0.2) is 4.79 Å². The number of likely N-dealkylation sites (tertiary alicyclic amines) is 1. The number of aliphatic hydroxyl groups is 1. The van der Waals surface area contributed by atoms with Crippen molar-refractivity contribution in [1.82, 2.24) is 19.4 Å². The number of H-pyrrole nitrogens is 1. The summed E-state index contributed by atoms with van der Waals surface area (Å²) in [6.45, 7) is 4.94. The molecule has 2 heterocycles. The lowest BCUT2D eigenvalue weighted by Gasteiger charge is -2.22. The minimum atomic E-state index is -0.500. The largest absolute Gasteiger partial charge is 0.396 e. The van der Waals surface area contributed by atoms with Crippen LogP contribution in [0.5, 0.6) is 0 Å². The van der Waals surface area contributed by atoms with Gasteiger partial charge in [0.2, 0.25) is 5.91 Å². The molecule has 0 aromatic carbocycles. The van der Waals surface area contributed by atoms with Gasteiger partial charge in [-0.15, -0.1) is 0 Å². The Kier molecular flexibility index (Phi) is 5.95. The zero-order valence-electron chi connectivity index (χ0n) is 14.5. The number of carbonyl (C=O) groups is 1. The number of aliphatic hydroxyl groups excluding tert-OH is 1. The molecule has 134 valence electrons. The number of rotatable bonds is 6. The SMILES string of the molecule is CCN(C)C[C@@H]1CN(C(=O)Cc2c[nH]c(=O)n(C)c2=O)C[C@@H]1CO. The smallest absolute Gasteiger partial charge is 0.328 e. The van der Waals surface area contributed by atoms with Crippen molar-refractivity contribution in [1.29, 1.82) is 0 Å². The van der Waals surface area contributed by atoms with E-state index in [0.717, 1.165) is 17.7 Å². The topological polar surface area (TPSA) is 98.6 Å². The molecule has 1 fully saturated rings. The first-order valence-corrected chi connectivity index (χ1v) is 8.22. The normalized spacial score (nSPS) is 20.8. The zero-order valence-corrected chi connectivity index (χ0v) is 14.5. The lowest BCUT2D eigenvalue weighted by atomic mass is 9.96. The first-order valence-electron chi connectivity index (χ1n) is 8.22. The minimum absolute atomic E-state index is 0.0437. The van der Waals surface area contributed by atoms with Crippen molar-refractivity contribution in [2.45, 2.75) is 13.3 Å². The highest BCUT2D eigenvalue weighted by Crippen LogP contribution is 2.24. The fourth-order valence-corrected chi connectivity index (χ4v) is 3.10. The summed E-state index contributed by atoms with van der Waals surface area (Å²) in [6.07, 6.45) is 1.27. The monoisotopic (exact) mass is 338 g/mol. The average molecular weight is 338 g/mol. The van der Waals surface area contributed by atoms with Crippen LogP contribution in [0.25, 0.3) is 0 Å². The number of hydrogen-bond donors (Lipinski definition) is 2. The maximum atomic E-state index is 12.5. The molecule has 0 radical (unpaired) electrons. The van der Waals surface area contributed by atoms with Crippen LogP contribution < -0.4 is 11.2 Å². The van der Waals surface area contributed by atoms with E-state index in [0.29, 0.717) is 13.1 Å². The Morgan fingerprint density at radius 2 is 2.04 bits per heavy atom. The molecular weight excluding hydrogens is 312 g/mol. The molecule has 1 amide bonds. The van der Waals surface area contributed by atoms with Gasteiger partial charge in [0.15, 0.2) is 0 Å². The molecule has 24 heavy (non-hydrogen) atoms. The van der Waals surface area contributed by atoms with Crippen LogP contribution in [0.2, 0.25) is 0 Å². The van der Waals surface area contributed by atoms with E-state index in [-0.39, 0.29) is 36.3 Å². The molecule has 1 aliphatic rings. The van der Waals surface area contributed by atoms with Gasteiger partial charge in [-0.05, 0) is 19.5 Å². The summed E-state index contributed by atoms with van der Waals surface area (Å²) in [6, 6.07) is 0. The highest BCUT2D eigenvalue weighted by Gasteiger charge is 2.35. The number of aromatic nitrogens is 2. The number of amides is 1. The Labute approximate surface area is 140 Å². The van der Waals surface area contributed by atoms with Crippen molar-refractivity contribution < 1.29 is 9.90 Å². The maximum absolute atomic E-state index is 12.5. The predicted octanol–water partition coefficient (Wildman–Crippen LogP) is -1.37. The molecule has 8 heteroatoms. The van der Waals surface area contributed by atoms with Gasteiger partial charge in [-0.3, -0.25) is 14.2 Å². The number of aromatic amines is 1. The molecule has 1 aromatic rings. The lowest BCUT2D eigenvalue weighted by molar-refractivity contribution is -0.129. The molecule has 0 spiro atoms. The van der Waals surface area contributed by atoms with Crippen LogP contribution >= 0.6 is 0 Å². The zero-order chi connectivity index (χ0) is 17.9. The van der Waals surface area contributed by atoms with Gasteiger partial charge in [0.1, 0.15) is 0 Å². The minimum Gasteiger partial charge on any atom is -0.396 e. The van der Waals surface area contributed by atoms with Gasteiger partial charge in [0.05, 0.1) is 6.42 Å². The Hall–Kier alpha value is -1.93. The number of carbonyl (C=O) groups excluding carboxylic acids is 1. The molecule has 1 aromatic heterocycles. The van der Waals surface area contributed by atoms with Crippen LogP contribution in [-0.4, -0.2) is 70.2 Å². The lowest BCUT2D eigenvalue weighted by Crippen LogP contribution is -2.37. The Balaban J connectivity index is 2.07. The Morgan fingerprint density at radius 3 is 2.67 bits per heavy atom. The second kappa shape index (κ2) is 7.76. The van der Waals surface area contributed by atoms with Gasteiger partial charge < -0.3 is 19.9 Å². The summed E-state index contributed by atoms with van der Waals surface area (Å²) < 4.78 is 0.960. The fourth-order valence-electron chi connectivity index (χ4n) is 3.10. The second-order valence-electron chi connectivity index (χ2n) is 6.52. The van der Waals surface area contributed by atoms with Crippen LogP contribution in [-0.2, 0) is 18.3 Å². The molecule has 1 aliphatic heterocycles. The van der Waals surface area contributed by atoms with Crippen molar-refractivity contribution in [2.24, 2.45) is 18.9 Å². The van der Waals surface area contributed by atoms with E-state index in [1.54, 1.807) is 4.90 Å². The van der Waals surface area contributed by atoms with Gasteiger partial charge >= 0.3 is 5.69 Å². The first-order chi connectivity index (χ1) is 11.4. The molecule has 0 unspecified atom stereocenters. The predicted molar refractivity (Wildman–Crippen MR) is 89.8 cm³/mol. The highest BCUT2D eigenvalue weighted by molar-refractivity contribution is 5.78. The van der Waals surface area contributed by atoms with E-state index >= 15 is 0 Å². The molecule has 1 saturated heterocycles. The Morgan fingerprint density at radius 1 is 1.38 bits per heavy atom. The van der Waals surface area contributed by atoms with E-state index in [1.807, 2.05) is 7.05 Å². The quantitative estimate of drug-likeness (QED) is 0.667. The molecule has 2 rings (SSSR count). The van der Waals surface area contributed by atoms with Crippen molar-refractivity contribution in [3.05, 3.63) is 32.6 Å². The summed E-state index contributed by atoms with van der Waals surface area (Å²) >= 11 is 0. The van der Waals surface area contributed by atoms with Gasteiger partial charge in [0, 0.05) is 51.0 Å². The van der Waals surface area contributed by atoms with E-state index < -0.39 is 11.2 Å². The van der Waals surface area contributed by atoms with Crippen molar-refractivity contribution in [3.8, 4) is 0 Å². The van der Waals surface area contributed by atoms with Crippen LogP contribution in [0.15, 0.2) is 15.8 Å². The van der Waals surface area contributed by atoms with E-state index in [9.17, 15) is 19.5 Å². The van der Waals surface area contributed by atoms with Crippen LogP contribution in [0.3, 0.4) is 0 Å². The van der Waals surface area contributed by atoms with E-state index in [2.05, 4.69) is 16.8 Å². The van der Waals surface area contributed by atoms with Crippen molar-refractivity contribution in [3.63, 3.8) is 0 Å². The average Bonchev–Trinajstić information content (AvgIpc) is 2.98. The summed E-state index contributed by atoms with van der Waals surface area (Å²) in [4.78, 5) is 42.3. The summed E-state index contributed by atoms with van der Waals surface area (Å²) in [5.74, 6) is 0.128. The number of nitrogens with one attached hydrogen (secondary N) is 1. The molecule has 2 atom stereocenters. The third kappa shape index (κ3) is 3.93. The maximum Gasteiger partial charge on any atom is 0.328 e. The molecule has 2 N–H and O–H groups in total. The van der Waals surface area contributed by atoms with Gasteiger partial charge in [-0.2, -0.15) is 0 Å². The van der Waals surface area contributed by atoms with Crippen molar-refractivity contribution >= 4 is 5.91 Å². The standard InChI is InChI=1S/C16H26N4O4/c1-4-18(2)7-12-8-20(9-13(12)10-21)14(22)5-11-6-17-16(24)19(3)15(11)23/h6,12-13,21H,4-5,7-10H2,1-3H3,(H,17,24)/t12-,13-/m1/s1. The first kappa shape index (κ1) is 18.4. The summed E-state index contributed by atoms with van der Waals surface area (Å²) in [5, 5.41) is 9.57. The Bertz CT molecular complexity index is 696. The molecule has 8 nitrogen and oxygen atoms in total. The summed E-state index contributed by atoms with van der Waals surface area (Å²) in [5.41, 5.74) is -0.676. The molecular formula is C16H26N4O4. The van der Waals surface area contributed by atoms with Gasteiger partial charge in [0.25, 0.3) is 5.56 Å². The number of hydrogen-bond acceptors (Lipinski definition) is 5. The highest BCUT2D eigenvalue weighted by atomic mass is 16.3. The third-order valence-corrected chi connectivity index (χ3v) is 4.85. The van der Waals surface area contributed by atoms with Crippen LogP contribution in [0.4, 0.5) is 0 Å². The van der Waals surface area contributed by atoms with E-state index in [1.165, 1.54) is 13.2 Å². The fraction of sp³-hybridized carbons (Fsp3) is 0.688. The molecule has 0 saturated carbocycles. The number of nitrogens with zero attached hydrogens (tertiary/aromatic N) is 3. The molecule has 0 bridgehead atoms. The third-order valence-electron chi connectivity index (χ3n) is 4.85. The second-order valence-corrected chi connectivity index (χ2v) is 6.52. The molecule has 0 aliphatic carbocycles. The van der Waals surface area contributed by atoms with Crippen LogP contribution in [0, 0.1) is 11.8 Å². The van der Waals surface area contributed by atoms with Crippen molar-refractivity contribution in [2.75, 3.05) is 39.8 Å².